The molecule has 0 aliphatic carbocycles. The van der Waals surface area contributed by atoms with E-state index in [4.69, 9.17) is 5.11 Å². The van der Waals surface area contributed by atoms with Crippen LogP contribution in [0.3, 0.4) is 0 Å². The summed E-state index contributed by atoms with van der Waals surface area (Å²) in [6.45, 7) is 2.46. The first-order valence-electron chi connectivity index (χ1n) is 6.56. The number of ether oxygens (including phenoxy) is 1. The van der Waals surface area contributed by atoms with Crippen molar-refractivity contribution in [3.63, 3.8) is 0 Å². The predicted molar refractivity (Wildman–Crippen MR) is 70.9 cm³/mol. The molecule has 2 N–H and O–H groups in total. The Hall–Kier alpha value is -1.76. The molecule has 1 unspecified atom stereocenters. The van der Waals surface area contributed by atoms with Crippen LogP contribution in [0.1, 0.15) is 30.1 Å². The number of rotatable bonds is 7. The smallest absolute Gasteiger partial charge is 0.406 e. The summed E-state index contributed by atoms with van der Waals surface area (Å²) in [4.78, 5) is 11.7. The molecule has 4 nitrogen and oxygen atoms in total. The number of carbonyl (C=O) groups is 1. The van der Waals surface area contributed by atoms with Crippen LogP contribution in [-0.2, 0) is 0 Å². The van der Waals surface area contributed by atoms with Crippen LogP contribution in [0.4, 0.5) is 13.2 Å². The van der Waals surface area contributed by atoms with E-state index in [1.807, 2.05) is 6.92 Å². The fraction of sp³-hybridized carbons (Fsp3) is 0.500. The SMILES string of the molecule is CC(CO)CCCNC(=O)c1ccc(OC(F)(F)F)cc1. The third-order valence-corrected chi connectivity index (χ3v) is 2.82. The van der Waals surface area contributed by atoms with Crippen molar-refractivity contribution in [3.05, 3.63) is 29.8 Å². The first-order chi connectivity index (χ1) is 9.81. The van der Waals surface area contributed by atoms with Gasteiger partial charge >= 0.3 is 6.36 Å². The summed E-state index contributed by atoms with van der Waals surface area (Å²) in [5.41, 5.74) is 0.264. The van der Waals surface area contributed by atoms with Gasteiger partial charge in [0.25, 0.3) is 5.91 Å². The molecule has 1 atom stereocenters. The summed E-state index contributed by atoms with van der Waals surface area (Å²) in [5.74, 6) is -0.540. The van der Waals surface area contributed by atoms with Gasteiger partial charge in [0.1, 0.15) is 5.75 Å². The van der Waals surface area contributed by atoms with Gasteiger partial charge in [0.2, 0.25) is 0 Å². The van der Waals surface area contributed by atoms with Gasteiger partial charge in [-0.25, -0.2) is 0 Å². The van der Waals surface area contributed by atoms with E-state index in [0.29, 0.717) is 6.54 Å². The number of nitrogens with one attached hydrogen (secondary N) is 1. The highest BCUT2D eigenvalue weighted by atomic mass is 19.4. The van der Waals surface area contributed by atoms with Gasteiger partial charge < -0.3 is 15.2 Å². The second-order valence-corrected chi connectivity index (χ2v) is 4.76. The lowest BCUT2D eigenvalue weighted by Gasteiger charge is -2.10. The van der Waals surface area contributed by atoms with E-state index in [2.05, 4.69) is 10.1 Å². The van der Waals surface area contributed by atoms with Crippen molar-refractivity contribution in [2.75, 3.05) is 13.2 Å². The Kier molecular flexibility index (Phi) is 6.48. The standard InChI is InChI=1S/C14H18F3NO3/c1-10(9-19)3-2-8-18-13(20)11-4-6-12(7-5-11)21-14(15,16)17/h4-7,10,19H,2-3,8-9H2,1H3,(H,18,20). The lowest BCUT2D eigenvalue weighted by molar-refractivity contribution is -0.274. The molecule has 0 aliphatic heterocycles. The van der Waals surface area contributed by atoms with Gasteiger partial charge in [0, 0.05) is 18.7 Å². The fourth-order valence-corrected chi connectivity index (χ4v) is 1.65. The van der Waals surface area contributed by atoms with Crippen molar-refractivity contribution in [1.29, 1.82) is 0 Å². The summed E-state index contributed by atoms with van der Waals surface area (Å²) in [7, 11) is 0. The highest BCUT2D eigenvalue weighted by molar-refractivity contribution is 5.94. The molecule has 0 saturated carbocycles. The third kappa shape index (κ3) is 6.99. The fourth-order valence-electron chi connectivity index (χ4n) is 1.65. The lowest BCUT2D eigenvalue weighted by Crippen LogP contribution is -2.25. The number of amides is 1. The molecule has 7 heteroatoms. The third-order valence-electron chi connectivity index (χ3n) is 2.82. The minimum atomic E-state index is -4.74. The van der Waals surface area contributed by atoms with Crippen molar-refractivity contribution in [2.24, 2.45) is 5.92 Å². The topological polar surface area (TPSA) is 58.6 Å². The molecule has 1 aromatic rings. The molecule has 1 rings (SSSR count). The zero-order valence-corrected chi connectivity index (χ0v) is 11.6. The number of benzene rings is 1. The predicted octanol–water partition coefficient (Wildman–Crippen LogP) is 2.72. The van der Waals surface area contributed by atoms with Crippen molar-refractivity contribution in [3.8, 4) is 5.75 Å². The van der Waals surface area contributed by atoms with Crippen molar-refractivity contribution < 1.29 is 27.8 Å². The Balaban J connectivity index is 2.41. The molecule has 1 aromatic carbocycles. The van der Waals surface area contributed by atoms with Gasteiger partial charge in [-0.1, -0.05) is 6.92 Å². The Labute approximate surface area is 120 Å². The van der Waals surface area contributed by atoms with Gasteiger partial charge in [-0.3, -0.25) is 4.79 Å². The Morgan fingerprint density at radius 1 is 1.33 bits per heavy atom. The van der Waals surface area contributed by atoms with Crippen molar-refractivity contribution in [2.45, 2.75) is 26.1 Å². The van der Waals surface area contributed by atoms with E-state index in [9.17, 15) is 18.0 Å². The summed E-state index contributed by atoms with van der Waals surface area (Å²) in [5, 5.41) is 11.5. The second-order valence-electron chi connectivity index (χ2n) is 4.76. The summed E-state index contributed by atoms with van der Waals surface area (Å²) < 4.78 is 39.7. The maximum absolute atomic E-state index is 12.0. The highest BCUT2D eigenvalue weighted by Gasteiger charge is 2.31. The number of halogens is 3. The van der Waals surface area contributed by atoms with Gasteiger partial charge in [-0.2, -0.15) is 0 Å². The second kappa shape index (κ2) is 7.87. The van der Waals surface area contributed by atoms with Gasteiger partial charge in [0.05, 0.1) is 0 Å². The number of hydrogen-bond donors (Lipinski definition) is 2. The molecule has 0 fully saturated rings. The molecule has 0 radical (unpaired) electrons. The zero-order valence-electron chi connectivity index (χ0n) is 11.6. The number of aliphatic hydroxyl groups is 1. The summed E-state index contributed by atoms with van der Waals surface area (Å²) in [6.07, 6.45) is -3.23. The molecule has 118 valence electrons. The minimum Gasteiger partial charge on any atom is -0.406 e. The quantitative estimate of drug-likeness (QED) is 0.762. The first kappa shape index (κ1) is 17.3. The number of carbonyl (C=O) groups excluding carboxylic acids is 1. The van der Waals surface area contributed by atoms with E-state index in [1.165, 1.54) is 12.1 Å². The molecular weight excluding hydrogens is 287 g/mol. The van der Waals surface area contributed by atoms with Gasteiger partial charge in [-0.15, -0.1) is 13.2 Å². The molecule has 0 saturated heterocycles. The van der Waals surface area contributed by atoms with Gasteiger partial charge in [0.15, 0.2) is 0 Å². The van der Waals surface area contributed by atoms with Crippen LogP contribution in [0.25, 0.3) is 0 Å². The lowest BCUT2D eigenvalue weighted by atomic mass is 10.1. The van der Waals surface area contributed by atoms with Crippen LogP contribution in [0.5, 0.6) is 5.75 Å². The van der Waals surface area contributed by atoms with Crippen LogP contribution >= 0.6 is 0 Å². The molecular formula is C14H18F3NO3. The van der Waals surface area contributed by atoms with Crippen LogP contribution in [0.2, 0.25) is 0 Å². The number of alkyl halides is 3. The molecule has 21 heavy (non-hydrogen) atoms. The van der Waals surface area contributed by atoms with E-state index < -0.39 is 6.36 Å². The average Bonchev–Trinajstić information content (AvgIpc) is 2.42. The molecule has 0 aliphatic rings. The average molecular weight is 305 g/mol. The van der Waals surface area contributed by atoms with Gasteiger partial charge in [-0.05, 0) is 43.0 Å². The number of hydrogen-bond acceptors (Lipinski definition) is 3. The van der Waals surface area contributed by atoms with Crippen LogP contribution in [0, 0.1) is 5.92 Å². The zero-order chi connectivity index (χ0) is 15.9. The highest BCUT2D eigenvalue weighted by Crippen LogP contribution is 2.22. The summed E-state index contributed by atoms with van der Waals surface area (Å²) >= 11 is 0. The normalized spacial score (nSPS) is 12.8. The molecule has 0 aromatic heterocycles. The van der Waals surface area contributed by atoms with E-state index in [1.54, 1.807) is 0 Å². The Bertz CT molecular complexity index is 446. The van der Waals surface area contributed by atoms with E-state index in [-0.39, 0.29) is 29.7 Å². The van der Waals surface area contributed by atoms with E-state index in [0.717, 1.165) is 25.0 Å². The van der Waals surface area contributed by atoms with Crippen LogP contribution < -0.4 is 10.1 Å². The minimum absolute atomic E-state index is 0.106. The molecule has 0 heterocycles. The molecule has 0 bridgehead atoms. The summed E-state index contributed by atoms with van der Waals surface area (Å²) in [6, 6.07) is 4.73. The maximum Gasteiger partial charge on any atom is 0.573 e. The number of aliphatic hydroxyl groups excluding tert-OH is 1. The monoisotopic (exact) mass is 305 g/mol. The van der Waals surface area contributed by atoms with E-state index >= 15 is 0 Å². The van der Waals surface area contributed by atoms with Crippen molar-refractivity contribution in [1.82, 2.24) is 5.32 Å². The van der Waals surface area contributed by atoms with Crippen LogP contribution in [-0.4, -0.2) is 30.5 Å². The largest absolute Gasteiger partial charge is 0.573 e. The first-order valence-corrected chi connectivity index (χ1v) is 6.56. The Morgan fingerprint density at radius 2 is 1.95 bits per heavy atom. The van der Waals surface area contributed by atoms with Crippen LogP contribution in [0.15, 0.2) is 24.3 Å². The molecule has 0 spiro atoms. The maximum atomic E-state index is 12.0. The molecule has 1 amide bonds. The Morgan fingerprint density at radius 3 is 2.48 bits per heavy atom. The van der Waals surface area contributed by atoms with Crippen molar-refractivity contribution >= 4 is 5.91 Å².